The van der Waals surface area contributed by atoms with Crippen LogP contribution in [0.3, 0.4) is 0 Å². The molecule has 0 aliphatic carbocycles. The molecule has 0 bridgehead atoms. The molecule has 3 rings (SSSR count). The Kier molecular flexibility index (Phi) is 6.59. The van der Waals surface area contributed by atoms with Gasteiger partial charge in [0.05, 0.1) is 25.2 Å². The van der Waals surface area contributed by atoms with E-state index in [0.29, 0.717) is 5.75 Å². The largest absolute Gasteiger partial charge is 0.496 e. The molecule has 7 heteroatoms. The summed E-state index contributed by atoms with van der Waals surface area (Å²) in [5, 5.41) is 0. The van der Waals surface area contributed by atoms with Gasteiger partial charge < -0.3 is 14.4 Å². The molecule has 1 N–H and O–H groups in total. The van der Waals surface area contributed by atoms with Crippen molar-refractivity contribution >= 4 is 15.7 Å². The van der Waals surface area contributed by atoms with Gasteiger partial charge in [0.15, 0.2) is 0 Å². The van der Waals surface area contributed by atoms with E-state index in [-0.39, 0.29) is 17.4 Å². The monoisotopic (exact) mass is 404 g/mol. The van der Waals surface area contributed by atoms with Gasteiger partial charge in [-0.2, -0.15) is 0 Å². The number of nitrogens with one attached hydrogen (secondary N) is 1. The molecule has 1 fully saturated rings. The predicted molar refractivity (Wildman–Crippen MR) is 111 cm³/mol. The van der Waals surface area contributed by atoms with E-state index in [9.17, 15) is 8.42 Å². The Hall–Kier alpha value is -2.09. The van der Waals surface area contributed by atoms with Crippen LogP contribution in [0.2, 0.25) is 0 Å². The Bertz CT molecular complexity index is 889. The van der Waals surface area contributed by atoms with Crippen LogP contribution < -0.4 is 14.4 Å². The second-order valence-corrected chi connectivity index (χ2v) is 8.92. The lowest BCUT2D eigenvalue weighted by Crippen LogP contribution is -2.36. The topological polar surface area (TPSA) is 67.9 Å². The second-order valence-electron chi connectivity index (χ2n) is 7.15. The average molecular weight is 405 g/mol. The van der Waals surface area contributed by atoms with Crippen LogP contribution in [0.25, 0.3) is 0 Å². The molecule has 152 valence electrons. The van der Waals surface area contributed by atoms with Gasteiger partial charge in [0, 0.05) is 25.3 Å². The third-order valence-corrected chi connectivity index (χ3v) is 6.31. The molecule has 0 aromatic heterocycles. The minimum absolute atomic E-state index is 0.165. The first-order chi connectivity index (χ1) is 13.4. The van der Waals surface area contributed by atoms with Crippen molar-refractivity contribution in [3.05, 3.63) is 53.6 Å². The van der Waals surface area contributed by atoms with Gasteiger partial charge in [0.25, 0.3) is 0 Å². The van der Waals surface area contributed by atoms with Gasteiger partial charge in [-0.15, -0.1) is 0 Å². The van der Waals surface area contributed by atoms with Crippen LogP contribution in [-0.4, -0.2) is 41.8 Å². The molecular formula is C21H28N2O4S. The molecule has 28 heavy (non-hydrogen) atoms. The van der Waals surface area contributed by atoms with Crippen LogP contribution in [0, 0.1) is 0 Å². The Morgan fingerprint density at radius 3 is 2.39 bits per heavy atom. The Morgan fingerprint density at radius 1 is 1.11 bits per heavy atom. The molecule has 1 heterocycles. The van der Waals surface area contributed by atoms with Crippen molar-refractivity contribution in [2.24, 2.45) is 0 Å². The lowest BCUT2D eigenvalue weighted by Gasteiger charge is -2.28. The number of nitrogens with zero attached hydrogens (tertiary/aromatic N) is 1. The molecule has 2 aromatic carbocycles. The van der Waals surface area contributed by atoms with Crippen LogP contribution in [0.4, 0.5) is 5.69 Å². The van der Waals surface area contributed by atoms with E-state index >= 15 is 0 Å². The van der Waals surface area contributed by atoms with Crippen molar-refractivity contribution in [1.82, 2.24) is 4.72 Å². The molecule has 1 aliphatic rings. The maximum Gasteiger partial charge on any atom is 0.240 e. The van der Waals surface area contributed by atoms with Gasteiger partial charge in [-0.25, -0.2) is 13.1 Å². The van der Waals surface area contributed by atoms with E-state index in [0.717, 1.165) is 43.1 Å². The maximum absolute atomic E-state index is 12.7. The van der Waals surface area contributed by atoms with Gasteiger partial charge in [0.1, 0.15) is 5.75 Å². The highest BCUT2D eigenvalue weighted by Crippen LogP contribution is 2.29. The minimum Gasteiger partial charge on any atom is -0.496 e. The number of methoxy groups -OCH3 is 1. The van der Waals surface area contributed by atoms with E-state index in [1.165, 1.54) is 0 Å². The molecule has 2 aromatic rings. The number of hydrogen-bond donors (Lipinski definition) is 1. The highest BCUT2D eigenvalue weighted by atomic mass is 32.2. The summed E-state index contributed by atoms with van der Waals surface area (Å²) in [5.74, 6) is 0.866. The number of rotatable bonds is 7. The fourth-order valence-electron chi connectivity index (χ4n) is 3.24. The number of anilines is 1. The van der Waals surface area contributed by atoms with E-state index in [2.05, 4.69) is 9.62 Å². The van der Waals surface area contributed by atoms with Gasteiger partial charge in [-0.05, 0) is 47.4 Å². The average Bonchev–Trinajstić information content (AvgIpc) is 2.72. The minimum atomic E-state index is -3.60. The van der Waals surface area contributed by atoms with Crippen LogP contribution in [0.5, 0.6) is 5.75 Å². The van der Waals surface area contributed by atoms with Crippen LogP contribution in [-0.2, 0) is 21.3 Å². The number of sulfonamides is 1. The first-order valence-electron chi connectivity index (χ1n) is 9.50. The van der Waals surface area contributed by atoms with Crippen molar-refractivity contribution in [3.8, 4) is 5.75 Å². The summed E-state index contributed by atoms with van der Waals surface area (Å²) < 4.78 is 38.8. The molecule has 1 saturated heterocycles. The van der Waals surface area contributed by atoms with Gasteiger partial charge >= 0.3 is 0 Å². The number of benzene rings is 2. The first kappa shape index (κ1) is 20.6. The lowest BCUT2D eigenvalue weighted by atomic mass is 10.0. The Morgan fingerprint density at radius 2 is 1.79 bits per heavy atom. The molecule has 0 unspecified atom stereocenters. The summed E-state index contributed by atoms with van der Waals surface area (Å²) in [4.78, 5) is 2.52. The predicted octanol–water partition coefficient (Wildman–Crippen LogP) is 3.13. The highest BCUT2D eigenvalue weighted by Gasteiger charge is 2.18. The molecule has 0 amide bonds. The zero-order valence-electron chi connectivity index (χ0n) is 16.6. The van der Waals surface area contributed by atoms with Crippen molar-refractivity contribution in [2.45, 2.75) is 31.2 Å². The number of ether oxygens (including phenoxy) is 2. The molecular weight excluding hydrogens is 376 g/mol. The van der Waals surface area contributed by atoms with E-state index in [1.807, 2.05) is 38.1 Å². The first-order valence-corrected chi connectivity index (χ1v) is 11.0. The molecule has 6 nitrogen and oxygen atoms in total. The third-order valence-electron chi connectivity index (χ3n) is 4.91. The van der Waals surface area contributed by atoms with Crippen LogP contribution in [0.1, 0.15) is 30.9 Å². The van der Waals surface area contributed by atoms with E-state index < -0.39 is 10.0 Å². The molecule has 1 aliphatic heterocycles. The number of hydrogen-bond acceptors (Lipinski definition) is 5. The standard InChI is InChI=1S/C21H28N2O4S/c1-16(2)20-14-19(8-9-21(20)26-3)28(24,25)22-15-17-4-6-18(7-5-17)23-10-12-27-13-11-23/h4-9,14,16,22H,10-13,15H2,1-3H3. The quantitative estimate of drug-likeness (QED) is 0.768. The lowest BCUT2D eigenvalue weighted by molar-refractivity contribution is 0.122. The summed E-state index contributed by atoms with van der Waals surface area (Å²) >= 11 is 0. The molecule has 0 radical (unpaired) electrons. The van der Waals surface area contributed by atoms with E-state index in [4.69, 9.17) is 9.47 Å². The third kappa shape index (κ3) is 4.84. The summed E-state index contributed by atoms with van der Waals surface area (Å²) in [5.41, 5.74) is 2.92. The second kappa shape index (κ2) is 8.94. The zero-order chi connectivity index (χ0) is 20.1. The van der Waals surface area contributed by atoms with Crippen molar-refractivity contribution < 1.29 is 17.9 Å². The zero-order valence-corrected chi connectivity index (χ0v) is 17.5. The summed E-state index contributed by atoms with van der Waals surface area (Å²) in [7, 11) is -2.01. The fourth-order valence-corrected chi connectivity index (χ4v) is 4.29. The SMILES string of the molecule is COc1ccc(S(=O)(=O)NCc2ccc(N3CCOCC3)cc2)cc1C(C)C. The van der Waals surface area contributed by atoms with E-state index in [1.54, 1.807) is 25.3 Å². The molecule has 0 spiro atoms. The highest BCUT2D eigenvalue weighted by molar-refractivity contribution is 7.89. The van der Waals surface area contributed by atoms with Crippen LogP contribution in [0.15, 0.2) is 47.4 Å². The smallest absolute Gasteiger partial charge is 0.240 e. The Labute approximate surface area is 167 Å². The summed E-state index contributed by atoms with van der Waals surface area (Å²) in [6.07, 6.45) is 0. The maximum atomic E-state index is 12.7. The summed E-state index contributed by atoms with van der Waals surface area (Å²) in [6, 6.07) is 12.9. The number of morpholine rings is 1. The molecule has 0 saturated carbocycles. The molecule has 0 atom stereocenters. The van der Waals surface area contributed by atoms with Gasteiger partial charge in [0.2, 0.25) is 10.0 Å². The van der Waals surface area contributed by atoms with Crippen molar-refractivity contribution in [2.75, 3.05) is 38.3 Å². The Balaban J connectivity index is 1.68. The fraction of sp³-hybridized carbons (Fsp3) is 0.429. The van der Waals surface area contributed by atoms with Crippen LogP contribution >= 0.6 is 0 Å². The summed E-state index contributed by atoms with van der Waals surface area (Å²) in [6.45, 7) is 7.50. The van der Waals surface area contributed by atoms with Gasteiger partial charge in [-0.1, -0.05) is 26.0 Å². The van der Waals surface area contributed by atoms with Crippen molar-refractivity contribution in [1.29, 1.82) is 0 Å². The normalized spacial score (nSPS) is 15.1. The van der Waals surface area contributed by atoms with Gasteiger partial charge in [-0.3, -0.25) is 0 Å². The van der Waals surface area contributed by atoms with Crippen molar-refractivity contribution in [3.63, 3.8) is 0 Å².